The summed E-state index contributed by atoms with van der Waals surface area (Å²) in [6.07, 6.45) is 0. The molecule has 11 aromatic rings. The highest BCUT2D eigenvalue weighted by Gasteiger charge is 2.15. The summed E-state index contributed by atoms with van der Waals surface area (Å²) < 4.78 is 0. The quantitative estimate of drug-likeness (QED) is 0.125. The summed E-state index contributed by atoms with van der Waals surface area (Å²) in [5.74, 6) is 1.81. The van der Waals surface area contributed by atoms with Crippen LogP contribution in [0.1, 0.15) is 0 Å². The fourth-order valence-corrected chi connectivity index (χ4v) is 8.50. The molecule has 4 nitrogen and oxygen atoms in total. The Bertz CT molecular complexity index is 3490. The van der Waals surface area contributed by atoms with Crippen molar-refractivity contribution in [1.82, 2.24) is 15.0 Å². The standard InChI is InChI=1S/C56H34N4/c1-57-52-35-44(43-16-9-17-45(33-43)50-20-10-15-40-27-23-37-12-6-8-19-49(37)53(40)50)31-32-48(52)38-24-28-42(29-25-38)55-58-54(41-13-3-2-4-14-41)59-56(60-55)46-30-26-39-22-21-36-11-5-7-18-47(36)51(39)34-46/h2-35H. The van der Waals surface area contributed by atoms with E-state index in [2.05, 4.69) is 163 Å². The van der Waals surface area contributed by atoms with E-state index < -0.39 is 0 Å². The van der Waals surface area contributed by atoms with E-state index in [0.717, 1.165) is 49.9 Å². The second-order valence-electron chi connectivity index (χ2n) is 15.1. The predicted molar refractivity (Wildman–Crippen MR) is 249 cm³/mol. The second-order valence-corrected chi connectivity index (χ2v) is 15.1. The molecule has 0 bridgehead atoms. The number of fused-ring (bicyclic) bond motifs is 6. The normalized spacial score (nSPS) is 11.3. The van der Waals surface area contributed by atoms with Gasteiger partial charge in [0.15, 0.2) is 23.2 Å². The van der Waals surface area contributed by atoms with Gasteiger partial charge in [-0.2, -0.15) is 0 Å². The molecular weight excluding hydrogens is 729 g/mol. The first-order chi connectivity index (χ1) is 29.7. The van der Waals surface area contributed by atoms with Gasteiger partial charge in [0.05, 0.1) is 6.57 Å². The molecule has 0 saturated heterocycles. The zero-order valence-corrected chi connectivity index (χ0v) is 32.4. The minimum absolute atomic E-state index is 0.586. The van der Waals surface area contributed by atoms with E-state index in [9.17, 15) is 0 Å². The Hall–Kier alpha value is -8.26. The molecule has 0 spiro atoms. The van der Waals surface area contributed by atoms with Crippen molar-refractivity contribution in [2.24, 2.45) is 0 Å². The van der Waals surface area contributed by atoms with Crippen molar-refractivity contribution in [2.45, 2.75) is 0 Å². The molecule has 0 N–H and O–H groups in total. The van der Waals surface area contributed by atoms with Crippen molar-refractivity contribution in [2.75, 3.05) is 0 Å². The molecule has 0 saturated carbocycles. The molecule has 0 radical (unpaired) electrons. The highest BCUT2D eigenvalue weighted by Crippen LogP contribution is 2.39. The van der Waals surface area contributed by atoms with E-state index in [-0.39, 0.29) is 0 Å². The fourth-order valence-electron chi connectivity index (χ4n) is 8.50. The Kier molecular flexibility index (Phi) is 8.50. The van der Waals surface area contributed by atoms with Gasteiger partial charge in [-0.15, -0.1) is 0 Å². The number of hydrogen-bond donors (Lipinski definition) is 0. The van der Waals surface area contributed by atoms with Gasteiger partial charge in [0, 0.05) is 16.7 Å². The first-order valence-electron chi connectivity index (χ1n) is 20.0. The summed E-state index contributed by atoms with van der Waals surface area (Å²) in [5.41, 5.74) is 9.54. The van der Waals surface area contributed by atoms with Gasteiger partial charge in [-0.1, -0.05) is 188 Å². The number of aromatic nitrogens is 3. The summed E-state index contributed by atoms with van der Waals surface area (Å²) >= 11 is 0. The maximum Gasteiger partial charge on any atom is 0.195 e. The molecule has 0 aliphatic heterocycles. The fraction of sp³-hybridized carbons (Fsp3) is 0. The SMILES string of the molecule is [C-]#[N+]c1cc(-c2cccc(-c3cccc4ccc5ccccc5c34)c2)ccc1-c1ccc(-c2nc(-c3ccccc3)nc(-c3ccc4ccc5ccccc5c4c3)n2)cc1. The van der Waals surface area contributed by atoms with Crippen LogP contribution in [-0.2, 0) is 0 Å². The van der Waals surface area contributed by atoms with Crippen LogP contribution in [0.5, 0.6) is 0 Å². The smallest absolute Gasteiger partial charge is 0.195 e. The van der Waals surface area contributed by atoms with Gasteiger partial charge in [-0.25, -0.2) is 19.8 Å². The van der Waals surface area contributed by atoms with Gasteiger partial charge in [0.2, 0.25) is 0 Å². The summed E-state index contributed by atoms with van der Waals surface area (Å²) in [6, 6.07) is 71.7. The minimum Gasteiger partial charge on any atom is -0.237 e. The summed E-state index contributed by atoms with van der Waals surface area (Å²) in [6.45, 7) is 8.22. The largest absolute Gasteiger partial charge is 0.237 e. The van der Waals surface area contributed by atoms with Crippen LogP contribution in [0, 0.1) is 6.57 Å². The molecule has 1 aromatic heterocycles. The zero-order valence-electron chi connectivity index (χ0n) is 32.4. The first kappa shape index (κ1) is 34.9. The molecule has 0 aliphatic carbocycles. The first-order valence-corrected chi connectivity index (χ1v) is 20.0. The highest BCUT2D eigenvalue weighted by atomic mass is 15.0. The third-order valence-corrected chi connectivity index (χ3v) is 11.5. The van der Waals surface area contributed by atoms with E-state index in [1.54, 1.807) is 0 Å². The Morgan fingerprint density at radius 3 is 1.57 bits per heavy atom. The molecular formula is C56H34N4. The second kappa shape index (κ2) is 14.6. The molecule has 10 aromatic carbocycles. The number of benzene rings is 10. The van der Waals surface area contributed by atoms with Crippen molar-refractivity contribution in [3.8, 4) is 67.5 Å². The molecule has 0 aliphatic rings. The van der Waals surface area contributed by atoms with Gasteiger partial charge in [-0.3, -0.25) is 0 Å². The van der Waals surface area contributed by atoms with Crippen LogP contribution < -0.4 is 0 Å². The van der Waals surface area contributed by atoms with Crippen LogP contribution in [0.4, 0.5) is 5.69 Å². The van der Waals surface area contributed by atoms with Crippen LogP contribution in [0.25, 0.3) is 115 Å². The summed E-state index contributed by atoms with van der Waals surface area (Å²) in [4.78, 5) is 19.1. The van der Waals surface area contributed by atoms with Crippen molar-refractivity contribution in [3.05, 3.63) is 218 Å². The Morgan fingerprint density at radius 2 is 0.800 bits per heavy atom. The van der Waals surface area contributed by atoms with Crippen LogP contribution in [0.2, 0.25) is 0 Å². The number of hydrogen-bond acceptors (Lipinski definition) is 3. The third-order valence-electron chi connectivity index (χ3n) is 11.5. The molecule has 0 amide bonds. The number of nitrogens with zero attached hydrogens (tertiary/aromatic N) is 4. The van der Waals surface area contributed by atoms with Crippen molar-refractivity contribution >= 4 is 48.8 Å². The lowest BCUT2D eigenvalue weighted by atomic mass is 9.91. The van der Waals surface area contributed by atoms with Crippen LogP contribution >= 0.6 is 0 Å². The lowest BCUT2D eigenvalue weighted by molar-refractivity contribution is 1.07. The highest BCUT2D eigenvalue weighted by molar-refractivity contribution is 6.14. The molecule has 0 unspecified atom stereocenters. The van der Waals surface area contributed by atoms with Gasteiger partial charge in [0.25, 0.3) is 0 Å². The Labute approximate surface area is 347 Å². The van der Waals surface area contributed by atoms with E-state index in [4.69, 9.17) is 21.5 Å². The zero-order chi connectivity index (χ0) is 40.0. The molecule has 0 fully saturated rings. The average Bonchev–Trinajstić information content (AvgIpc) is 3.33. The number of rotatable bonds is 6. The predicted octanol–water partition coefficient (Wildman–Crippen LogP) is 15.0. The third kappa shape index (κ3) is 6.23. The lowest BCUT2D eigenvalue weighted by Gasteiger charge is -2.13. The van der Waals surface area contributed by atoms with E-state index in [1.165, 1.54) is 43.3 Å². The van der Waals surface area contributed by atoms with Crippen LogP contribution in [0.3, 0.4) is 0 Å². The van der Waals surface area contributed by atoms with Crippen LogP contribution in [0.15, 0.2) is 206 Å². The van der Waals surface area contributed by atoms with Crippen LogP contribution in [-0.4, -0.2) is 15.0 Å². The average molecular weight is 763 g/mol. The molecule has 278 valence electrons. The Morgan fingerprint density at radius 1 is 0.300 bits per heavy atom. The van der Waals surface area contributed by atoms with Gasteiger partial charge in [0.1, 0.15) is 0 Å². The molecule has 60 heavy (non-hydrogen) atoms. The summed E-state index contributed by atoms with van der Waals surface area (Å²) in [7, 11) is 0. The van der Waals surface area contributed by atoms with Gasteiger partial charge in [-0.05, 0) is 94.7 Å². The topological polar surface area (TPSA) is 43.0 Å². The molecule has 11 rings (SSSR count). The monoisotopic (exact) mass is 762 g/mol. The Balaban J connectivity index is 0.945. The van der Waals surface area contributed by atoms with Gasteiger partial charge < -0.3 is 0 Å². The maximum atomic E-state index is 8.22. The van der Waals surface area contributed by atoms with E-state index >= 15 is 0 Å². The maximum absolute atomic E-state index is 8.22. The van der Waals surface area contributed by atoms with Crippen molar-refractivity contribution in [3.63, 3.8) is 0 Å². The van der Waals surface area contributed by atoms with Crippen molar-refractivity contribution in [1.29, 1.82) is 0 Å². The lowest BCUT2D eigenvalue weighted by Crippen LogP contribution is -2.00. The van der Waals surface area contributed by atoms with E-state index in [1.807, 2.05) is 48.5 Å². The molecule has 1 heterocycles. The van der Waals surface area contributed by atoms with Crippen molar-refractivity contribution < 1.29 is 0 Å². The molecule has 0 atom stereocenters. The minimum atomic E-state index is 0.586. The van der Waals surface area contributed by atoms with E-state index in [0.29, 0.717) is 23.2 Å². The summed E-state index contributed by atoms with van der Waals surface area (Å²) in [5, 5.41) is 9.65. The van der Waals surface area contributed by atoms with Gasteiger partial charge >= 0.3 is 0 Å². The molecule has 4 heteroatoms.